The van der Waals surface area contributed by atoms with Crippen LogP contribution in [0.2, 0.25) is 19.6 Å². The van der Waals surface area contributed by atoms with Crippen molar-refractivity contribution < 1.29 is 28.6 Å². The first kappa shape index (κ1) is 35.7. The zero-order chi connectivity index (χ0) is 40.5. The maximum atomic E-state index is 8.00. The van der Waals surface area contributed by atoms with E-state index in [2.05, 4.69) is 125 Å². The topological polar surface area (TPSA) is 38.9 Å². The predicted octanol–water partition coefficient (Wildman–Crippen LogP) is 13.4. The van der Waals surface area contributed by atoms with Crippen molar-refractivity contribution >= 4 is 35.2 Å². The average molecular weight is 916 g/mol. The quantitative estimate of drug-likeness (QED) is 0.118. The van der Waals surface area contributed by atoms with Crippen LogP contribution < -0.4 is 5.19 Å². The van der Waals surface area contributed by atoms with E-state index in [9.17, 15) is 0 Å². The van der Waals surface area contributed by atoms with Crippen LogP contribution in [-0.2, 0) is 20.1 Å². The number of para-hydroxylation sites is 1. The van der Waals surface area contributed by atoms with Gasteiger partial charge in [-0.1, -0.05) is 137 Å². The van der Waals surface area contributed by atoms with Gasteiger partial charge < -0.3 is 14.4 Å². The third-order valence-corrected chi connectivity index (χ3v) is 12.0. The Morgan fingerprint density at radius 3 is 2.00 bits per heavy atom. The Morgan fingerprint density at radius 2 is 1.36 bits per heavy atom. The number of furan rings is 1. The van der Waals surface area contributed by atoms with Crippen molar-refractivity contribution in [2.75, 3.05) is 0 Å². The fourth-order valence-electron chi connectivity index (χ4n) is 6.96. The van der Waals surface area contributed by atoms with Gasteiger partial charge in [0.25, 0.3) is 0 Å². The second-order valence-corrected chi connectivity index (χ2v) is 20.6. The monoisotopic (exact) mass is 916 g/mol. The molecular formula is C50H48IrN2OSi-2. The van der Waals surface area contributed by atoms with E-state index in [1.807, 2.05) is 60.9 Å². The molecule has 0 unspecified atom stereocenters. The molecule has 3 heterocycles. The fraction of sp³-hybridized carbons (Fsp3) is 0.200. The summed E-state index contributed by atoms with van der Waals surface area (Å²) in [7, 11) is -1.23. The molecule has 5 heteroatoms. The molecule has 3 aromatic heterocycles. The minimum absolute atomic E-state index is 0. The van der Waals surface area contributed by atoms with Gasteiger partial charge in [-0.2, -0.15) is 0 Å². The SMILES string of the molecule is C[Si](C)(C)c1ccc(-c2[c-]cccc2)nc1.[2H]C([2H])([2H])c1cccc2c1oc1c(-c3cc(-c4c(C(C)C)cc(-c5ccccc5)cc4C(C)C)ccn3)[c-]ccc12.[Ir]. The number of hydrogen-bond donors (Lipinski definition) is 0. The third kappa shape index (κ3) is 8.50. The van der Waals surface area contributed by atoms with Crippen LogP contribution in [0.3, 0.4) is 0 Å². The molecule has 0 aliphatic carbocycles. The van der Waals surface area contributed by atoms with Gasteiger partial charge in [-0.3, -0.25) is 0 Å². The van der Waals surface area contributed by atoms with E-state index >= 15 is 0 Å². The second-order valence-electron chi connectivity index (χ2n) is 15.5. The summed E-state index contributed by atoms with van der Waals surface area (Å²) >= 11 is 0. The molecule has 3 nitrogen and oxygen atoms in total. The Kier molecular flexibility index (Phi) is 10.9. The Labute approximate surface area is 345 Å². The molecule has 0 saturated heterocycles. The summed E-state index contributed by atoms with van der Waals surface area (Å²) in [5.74, 6) is 0.623. The molecule has 0 fully saturated rings. The Bertz CT molecular complexity index is 2620. The summed E-state index contributed by atoms with van der Waals surface area (Å²) in [5, 5.41) is 3.03. The first-order valence-electron chi connectivity index (χ1n) is 20.2. The average Bonchev–Trinajstić information content (AvgIpc) is 3.60. The zero-order valence-electron chi connectivity index (χ0n) is 35.5. The molecule has 0 aliphatic rings. The van der Waals surface area contributed by atoms with Gasteiger partial charge in [-0.15, -0.1) is 54.1 Å². The minimum Gasteiger partial charge on any atom is -0.500 e. The minimum atomic E-state index is -2.28. The molecule has 0 aliphatic heterocycles. The Hall–Kier alpha value is -4.93. The largest absolute Gasteiger partial charge is 0.500 e. The van der Waals surface area contributed by atoms with E-state index in [1.54, 1.807) is 12.1 Å². The summed E-state index contributed by atoms with van der Waals surface area (Å²) in [6.07, 6.45) is 3.86. The molecule has 0 atom stereocenters. The molecule has 0 amide bonds. The van der Waals surface area contributed by atoms with Gasteiger partial charge in [0.1, 0.15) is 5.58 Å². The molecule has 0 bridgehead atoms. The van der Waals surface area contributed by atoms with Crippen molar-refractivity contribution in [3.8, 4) is 44.8 Å². The number of aromatic nitrogens is 2. The van der Waals surface area contributed by atoms with E-state index < -0.39 is 14.9 Å². The van der Waals surface area contributed by atoms with Crippen LogP contribution in [0.25, 0.3) is 66.7 Å². The number of pyridine rings is 2. The molecule has 1 radical (unpaired) electrons. The molecule has 0 spiro atoms. The van der Waals surface area contributed by atoms with Crippen LogP contribution >= 0.6 is 0 Å². The normalized spacial score (nSPS) is 12.5. The van der Waals surface area contributed by atoms with Gasteiger partial charge in [0.2, 0.25) is 0 Å². The van der Waals surface area contributed by atoms with Gasteiger partial charge in [0, 0.05) is 42.0 Å². The number of aryl methyl sites for hydroxylation is 1. The fourth-order valence-corrected chi connectivity index (χ4v) is 7.99. The Morgan fingerprint density at radius 1 is 0.636 bits per heavy atom. The maximum Gasteiger partial charge on any atom is 0.123 e. The van der Waals surface area contributed by atoms with Crippen LogP contribution in [0, 0.1) is 19.0 Å². The summed E-state index contributed by atoms with van der Waals surface area (Å²) in [6, 6.07) is 47.2. The van der Waals surface area contributed by atoms with Gasteiger partial charge in [-0.05, 0) is 80.3 Å². The van der Waals surface area contributed by atoms with Crippen LogP contribution in [0.1, 0.15) is 60.3 Å². The van der Waals surface area contributed by atoms with Crippen molar-refractivity contribution in [3.63, 3.8) is 0 Å². The van der Waals surface area contributed by atoms with Gasteiger partial charge >= 0.3 is 0 Å². The summed E-state index contributed by atoms with van der Waals surface area (Å²) in [4.78, 5) is 9.26. The van der Waals surface area contributed by atoms with Crippen molar-refractivity contribution in [2.45, 2.75) is 66.0 Å². The standard InChI is InChI=1S/C36H32NO.C14H16NSi.Ir/c1-22(2)31-19-27(25-12-7-6-8-13-25)20-32(23(3)4)34(31)26-17-18-37-33(21-26)30-16-10-15-29-28-14-9-11-24(5)35(28)38-36(29)30;1-16(2,3)13-9-10-14(15-11-13)12-7-5-4-6-8-12;/h6-15,17-23H,1-5H3;4-7,9-11H,1-3H3;/q2*-1;/i5D3;;. The van der Waals surface area contributed by atoms with Crippen LogP contribution in [-0.4, -0.2) is 18.0 Å². The van der Waals surface area contributed by atoms with Crippen LogP contribution in [0.15, 0.2) is 138 Å². The summed E-state index contributed by atoms with van der Waals surface area (Å²) < 4.78 is 30.3. The predicted molar refractivity (Wildman–Crippen MR) is 231 cm³/mol. The van der Waals surface area contributed by atoms with Crippen molar-refractivity contribution in [2.24, 2.45) is 0 Å². The van der Waals surface area contributed by atoms with E-state index in [0.717, 1.165) is 38.9 Å². The number of nitrogens with zero attached hydrogens (tertiary/aromatic N) is 2. The van der Waals surface area contributed by atoms with Crippen molar-refractivity contribution in [1.29, 1.82) is 0 Å². The second kappa shape index (κ2) is 16.8. The van der Waals surface area contributed by atoms with E-state index in [4.69, 9.17) is 13.5 Å². The zero-order valence-corrected chi connectivity index (χ0v) is 35.9. The van der Waals surface area contributed by atoms with Gasteiger partial charge in [0.15, 0.2) is 0 Å². The molecule has 8 aromatic rings. The number of rotatable bonds is 7. The van der Waals surface area contributed by atoms with Crippen LogP contribution in [0.5, 0.6) is 0 Å². The smallest absolute Gasteiger partial charge is 0.123 e. The molecule has 8 rings (SSSR count). The third-order valence-electron chi connectivity index (χ3n) is 9.93. The first-order valence-corrected chi connectivity index (χ1v) is 22.2. The molecule has 55 heavy (non-hydrogen) atoms. The number of benzene rings is 5. The molecule has 0 N–H and O–H groups in total. The summed E-state index contributed by atoms with van der Waals surface area (Å²) in [6.45, 7) is 13.7. The molecule has 5 aromatic carbocycles. The van der Waals surface area contributed by atoms with Crippen molar-refractivity contribution in [3.05, 3.63) is 163 Å². The van der Waals surface area contributed by atoms with E-state index in [1.165, 1.54) is 33.0 Å². The van der Waals surface area contributed by atoms with E-state index in [0.29, 0.717) is 23.0 Å². The Balaban J connectivity index is 0.000000280. The molecular weight excluding hydrogens is 865 g/mol. The molecule has 0 saturated carbocycles. The van der Waals surface area contributed by atoms with Gasteiger partial charge in [-0.25, -0.2) is 0 Å². The number of hydrogen-bond acceptors (Lipinski definition) is 3. The van der Waals surface area contributed by atoms with E-state index in [-0.39, 0.29) is 25.7 Å². The molecule has 279 valence electrons. The van der Waals surface area contributed by atoms with Crippen LogP contribution in [0.4, 0.5) is 0 Å². The maximum absolute atomic E-state index is 8.00. The van der Waals surface area contributed by atoms with Crippen molar-refractivity contribution in [1.82, 2.24) is 9.97 Å². The summed E-state index contributed by atoms with van der Waals surface area (Å²) in [5.41, 5.74) is 12.0. The number of fused-ring (bicyclic) bond motifs is 3. The van der Waals surface area contributed by atoms with Gasteiger partial charge in [0.05, 0.1) is 13.7 Å². The first-order chi connectivity index (χ1) is 27.2.